The maximum atomic E-state index is 12.0. The molecule has 0 saturated heterocycles. The first-order chi connectivity index (χ1) is 10.5. The number of primary amides is 1. The molecule has 0 atom stereocenters. The second-order valence-corrected chi connectivity index (χ2v) is 6.12. The Bertz CT molecular complexity index is 702. The van der Waals surface area contributed by atoms with Gasteiger partial charge in [-0.2, -0.15) is 0 Å². The summed E-state index contributed by atoms with van der Waals surface area (Å²) >= 11 is 7.22. The van der Waals surface area contributed by atoms with Gasteiger partial charge in [0.15, 0.2) is 0 Å². The predicted octanol–water partition coefficient (Wildman–Crippen LogP) is 3.48. The number of nitrogens with two attached hydrogens (primary N) is 1. The first kappa shape index (κ1) is 16.4. The molecule has 0 radical (unpaired) electrons. The third-order valence-electron chi connectivity index (χ3n) is 3.06. The highest BCUT2D eigenvalue weighted by atomic mass is 35.5. The Morgan fingerprint density at radius 3 is 2.50 bits per heavy atom. The molecule has 0 aromatic heterocycles. The van der Waals surface area contributed by atoms with Gasteiger partial charge >= 0.3 is 0 Å². The zero-order chi connectivity index (χ0) is 16.1. The Morgan fingerprint density at radius 2 is 1.86 bits per heavy atom. The van der Waals surface area contributed by atoms with Crippen molar-refractivity contribution in [3.05, 3.63) is 58.6 Å². The first-order valence-electron chi connectivity index (χ1n) is 6.55. The van der Waals surface area contributed by atoms with Crippen molar-refractivity contribution in [3.63, 3.8) is 0 Å². The summed E-state index contributed by atoms with van der Waals surface area (Å²) < 4.78 is 0. The van der Waals surface area contributed by atoms with Gasteiger partial charge in [-0.3, -0.25) is 9.59 Å². The van der Waals surface area contributed by atoms with E-state index >= 15 is 0 Å². The lowest BCUT2D eigenvalue weighted by atomic mass is 10.1. The number of carbonyl (C=O) groups is 2. The molecule has 0 aliphatic rings. The molecule has 0 aliphatic heterocycles. The predicted molar refractivity (Wildman–Crippen MR) is 90.5 cm³/mol. The number of thioether (sulfide) groups is 1. The molecule has 2 amide bonds. The SMILES string of the molecule is Cc1c(NC(=O)CSc2ccc(Cl)cc2)cccc1C(N)=O. The largest absolute Gasteiger partial charge is 0.366 e. The Morgan fingerprint density at radius 1 is 1.18 bits per heavy atom. The van der Waals surface area contributed by atoms with Crippen LogP contribution in [0, 0.1) is 6.92 Å². The zero-order valence-electron chi connectivity index (χ0n) is 11.9. The lowest BCUT2D eigenvalue weighted by Gasteiger charge is -2.10. The van der Waals surface area contributed by atoms with Gasteiger partial charge in [0.1, 0.15) is 0 Å². The molecular formula is C16H15ClN2O2S. The maximum Gasteiger partial charge on any atom is 0.249 e. The molecule has 0 unspecified atom stereocenters. The number of hydrogen-bond donors (Lipinski definition) is 2. The van der Waals surface area contributed by atoms with Crippen LogP contribution in [0.15, 0.2) is 47.4 Å². The van der Waals surface area contributed by atoms with Crippen LogP contribution in [-0.2, 0) is 4.79 Å². The van der Waals surface area contributed by atoms with Crippen LogP contribution >= 0.6 is 23.4 Å². The van der Waals surface area contributed by atoms with E-state index in [1.165, 1.54) is 11.8 Å². The summed E-state index contributed by atoms with van der Waals surface area (Å²) in [7, 11) is 0. The summed E-state index contributed by atoms with van der Waals surface area (Å²) in [4.78, 5) is 24.3. The van der Waals surface area contributed by atoms with Gasteiger partial charge < -0.3 is 11.1 Å². The maximum absolute atomic E-state index is 12.0. The van der Waals surface area contributed by atoms with Gasteiger partial charge in [-0.05, 0) is 48.9 Å². The van der Waals surface area contributed by atoms with Gasteiger partial charge in [-0.25, -0.2) is 0 Å². The number of nitrogens with one attached hydrogen (secondary N) is 1. The normalized spacial score (nSPS) is 10.3. The van der Waals surface area contributed by atoms with E-state index in [-0.39, 0.29) is 11.7 Å². The Kier molecular flexibility index (Phi) is 5.46. The Hall–Kier alpha value is -1.98. The fraction of sp³-hybridized carbons (Fsp3) is 0.125. The monoisotopic (exact) mass is 334 g/mol. The quantitative estimate of drug-likeness (QED) is 0.822. The van der Waals surface area contributed by atoms with Crippen LogP contribution in [-0.4, -0.2) is 17.6 Å². The minimum atomic E-state index is -0.510. The number of carbonyl (C=O) groups excluding carboxylic acids is 2. The van der Waals surface area contributed by atoms with Crippen LogP contribution in [0.3, 0.4) is 0 Å². The minimum Gasteiger partial charge on any atom is -0.366 e. The number of amides is 2. The molecule has 0 heterocycles. The summed E-state index contributed by atoms with van der Waals surface area (Å²) in [6.07, 6.45) is 0. The van der Waals surface area contributed by atoms with Gasteiger partial charge in [0.05, 0.1) is 5.75 Å². The molecule has 0 spiro atoms. The summed E-state index contributed by atoms with van der Waals surface area (Å²) in [5.74, 6) is -0.393. The van der Waals surface area contributed by atoms with Gasteiger partial charge in [0.25, 0.3) is 0 Å². The van der Waals surface area contributed by atoms with E-state index in [0.717, 1.165) is 4.90 Å². The van der Waals surface area contributed by atoms with Crippen LogP contribution in [0.2, 0.25) is 5.02 Å². The Balaban J connectivity index is 1.99. The number of anilines is 1. The average molecular weight is 335 g/mol. The lowest BCUT2D eigenvalue weighted by molar-refractivity contribution is -0.113. The van der Waals surface area contributed by atoms with E-state index in [1.807, 2.05) is 12.1 Å². The van der Waals surface area contributed by atoms with E-state index < -0.39 is 5.91 Å². The second kappa shape index (κ2) is 7.33. The summed E-state index contributed by atoms with van der Waals surface area (Å²) in [5.41, 5.74) is 6.96. The fourth-order valence-electron chi connectivity index (χ4n) is 1.90. The second-order valence-electron chi connectivity index (χ2n) is 4.63. The number of hydrogen-bond acceptors (Lipinski definition) is 3. The van der Waals surface area contributed by atoms with Crippen molar-refractivity contribution in [1.82, 2.24) is 0 Å². The summed E-state index contributed by atoms with van der Waals surface area (Å²) in [6, 6.07) is 12.3. The highest BCUT2D eigenvalue weighted by molar-refractivity contribution is 8.00. The smallest absolute Gasteiger partial charge is 0.249 e. The Labute approximate surface area is 138 Å². The van der Waals surface area contributed by atoms with Crippen LogP contribution in [0.4, 0.5) is 5.69 Å². The van der Waals surface area contributed by atoms with Gasteiger partial charge in [0.2, 0.25) is 11.8 Å². The highest BCUT2D eigenvalue weighted by Crippen LogP contribution is 2.22. The highest BCUT2D eigenvalue weighted by Gasteiger charge is 2.11. The summed E-state index contributed by atoms with van der Waals surface area (Å²) in [5, 5.41) is 3.45. The van der Waals surface area contributed by atoms with E-state index in [9.17, 15) is 9.59 Å². The first-order valence-corrected chi connectivity index (χ1v) is 7.91. The van der Waals surface area contributed by atoms with Crippen LogP contribution < -0.4 is 11.1 Å². The van der Waals surface area contributed by atoms with E-state index in [4.69, 9.17) is 17.3 Å². The molecule has 2 aromatic rings. The molecule has 3 N–H and O–H groups in total. The number of halogens is 1. The topological polar surface area (TPSA) is 72.2 Å². The van der Waals surface area contributed by atoms with Gasteiger partial charge in [0, 0.05) is 21.2 Å². The summed E-state index contributed by atoms with van der Waals surface area (Å²) in [6.45, 7) is 1.75. The van der Waals surface area contributed by atoms with E-state index in [2.05, 4.69) is 5.32 Å². The molecule has 0 fully saturated rings. The van der Waals surface area contributed by atoms with Crippen molar-refractivity contribution in [1.29, 1.82) is 0 Å². The van der Waals surface area contributed by atoms with Crippen molar-refractivity contribution >= 4 is 40.9 Å². The molecule has 4 nitrogen and oxygen atoms in total. The van der Waals surface area contributed by atoms with Crippen molar-refractivity contribution in [2.75, 3.05) is 11.1 Å². The standard InChI is InChI=1S/C16H15ClN2O2S/c1-10-13(16(18)21)3-2-4-14(10)19-15(20)9-22-12-7-5-11(17)6-8-12/h2-8H,9H2,1H3,(H2,18,21)(H,19,20). The van der Waals surface area contributed by atoms with Gasteiger partial charge in [-0.15, -0.1) is 11.8 Å². The van der Waals surface area contributed by atoms with Crippen LogP contribution in [0.25, 0.3) is 0 Å². The molecule has 0 bridgehead atoms. The average Bonchev–Trinajstić information content (AvgIpc) is 2.48. The molecule has 2 aromatic carbocycles. The van der Waals surface area contributed by atoms with Crippen molar-refractivity contribution in [2.45, 2.75) is 11.8 Å². The molecule has 0 saturated carbocycles. The van der Waals surface area contributed by atoms with Gasteiger partial charge in [-0.1, -0.05) is 17.7 Å². The molecule has 0 aliphatic carbocycles. The minimum absolute atomic E-state index is 0.148. The lowest BCUT2D eigenvalue weighted by Crippen LogP contribution is -2.17. The van der Waals surface area contributed by atoms with Crippen molar-refractivity contribution in [3.8, 4) is 0 Å². The molecular weight excluding hydrogens is 320 g/mol. The molecule has 6 heteroatoms. The van der Waals surface area contributed by atoms with Crippen molar-refractivity contribution in [2.24, 2.45) is 5.73 Å². The number of rotatable bonds is 5. The number of benzene rings is 2. The molecule has 2 rings (SSSR count). The molecule has 22 heavy (non-hydrogen) atoms. The van der Waals surface area contributed by atoms with E-state index in [0.29, 0.717) is 21.8 Å². The zero-order valence-corrected chi connectivity index (χ0v) is 13.5. The van der Waals surface area contributed by atoms with E-state index in [1.54, 1.807) is 37.3 Å². The third-order valence-corrected chi connectivity index (χ3v) is 4.32. The van der Waals surface area contributed by atoms with Crippen molar-refractivity contribution < 1.29 is 9.59 Å². The molecule has 114 valence electrons. The fourth-order valence-corrected chi connectivity index (χ4v) is 2.73. The third kappa shape index (κ3) is 4.26. The van der Waals surface area contributed by atoms with Crippen LogP contribution in [0.5, 0.6) is 0 Å². The van der Waals surface area contributed by atoms with Crippen LogP contribution in [0.1, 0.15) is 15.9 Å².